The number of ether oxygens (including phenoxy) is 1. The molecule has 0 N–H and O–H groups in total. The molecule has 0 atom stereocenters. The number of nitrogens with zero attached hydrogens (tertiary/aromatic N) is 3. The minimum atomic E-state index is -0.460. The number of Topliss-reactive ketones (excluding diaryl/α,β-unsaturated/α-hetero) is 1. The molecule has 31 heavy (non-hydrogen) atoms. The Kier molecular flexibility index (Phi) is 7.07. The fourth-order valence-corrected chi connectivity index (χ4v) is 3.22. The van der Waals surface area contributed by atoms with Gasteiger partial charge in [0.05, 0.1) is 7.11 Å². The fraction of sp³-hybridized carbons (Fsp3) is 0.250. The lowest BCUT2D eigenvalue weighted by Crippen LogP contribution is -2.25. The van der Waals surface area contributed by atoms with Crippen molar-refractivity contribution in [3.8, 4) is 17.0 Å². The van der Waals surface area contributed by atoms with E-state index in [9.17, 15) is 14.0 Å². The van der Waals surface area contributed by atoms with Crippen LogP contribution in [0.5, 0.6) is 5.88 Å². The maximum absolute atomic E-state index is 14.7. The number of carbonyl (C=O) groups is 2. The first-order chi connectivity index (χ1) is 14.9. The Labute approximate surface area is 180 Å². The van der Waals surface area contributed by atoms with Crippen molar-refractivity contribution >= 4 is 17.4 Å². The molecule has 0 spiro atoms. The molecule has 1 amide bonds. The van der Waals surface area contributed by atoms with E-state index in [0.29, 0.717) is 41.2 Å². The predicted molar refractivity (Wildman–Crippen MR) is 117 cm³/mol. The number of pyridine rings is 2. The van der Waals surface area contributed by atoms with Gasteiger partial charge in [-0.05, 0) is 36.8 Å². The van der Waals surface area contributed by atoms with Gasteiger partial charge >= 0.3 is 0 Å². The lowest BCUT2D eigenvalue weighted by atomic mass is 10.0. The molecule has 0 aliphatic heterocycles. The van der Waals surface area contributed by atoms with Crippen LogP contribution in [0.2, 0.25) is 0 Å². The van der Waals surface area contributed by atoms with Crippen molar-refractivity contribution in [2.45, 2.75) is 26.2 Å². The Bertz CT molecular complexity index is 1080. The minimum absolute atomic E-state index is 0.0967. The average molecular weight is 421 g/mol. The summed E-state index contributed by atoms with van der Waals surface area (Å²) in [6, 6.07) is 11.5. The van der Waals surface area contributed by atoms with E-state index in [1.165, 1.54) is 17.2 Å². The molecule has 3 aromatic rings. The largest absolute Gasteiger partial charge is 0.481 e. The van der Waals surface area contributed by atoms with E-state index >= 15 is 0 Å². The number of amides is 1. The Morgan fingerprint density at radius 2 is 1.94 bits per heavy atom. The Balaban J connectivity index is 1.71. The van der Waals surface area contributed by atoms with Gasteiger partial charge in [0.15, 0.2) is 5.78 Å². The molecule has 0 fully saturated rings. The highest BCUT2D eigenvalue weighted by molar-refractivity contribution is 5.95. The SMILES string of the molecule is CCC(=O)N(C)c1ccc(-c2ccc(C(=O)CCc3cccnc3OC)nc2)c(F)c1. The van der Waals surface area contributed by atoms with Crippen molar-refractivity contribution in [2.24, 2.45) is 0 Å². The lowest BCUT2D eigenvalue weighted by molar-refractivity contribution is -0.118. The van der Waals surface area contributed by atoms with E-state index in [0.717, 1.165) is 5.56 Å². The van der Waals surface area contributed by atoms with Gasteiger partial charge in [-0.2, -0.15) is 0 Å². The van der Waals surface area contributed by atoms with Crippen molar-refractivity contribution in [3.63, 3.8) is 0 Å². The first kappa shape index (κ1) is 22.1. The molecule has 6 nitrogen and oxygen atoms in total. The monoisotopic (exact) mass is 421 g/mol. The van der Waals surface area contributed by atoms with Crippen LogP contribution in [0.1, 0.15) is 35.8 Å². The summed E-state index contributed by atoms with van der Waals surface area (Å²) in [5.74, 6) is -0.171. The molecule has 0 aliphatic rings. The van der Waals surface area contributed by atoms with Gasteiger partial charge in [0.1, 0.15) is 11.5 Å². The second-order valence-corrected chi connectivity index (χ2v) is 7.00. The van der Waals surface area contributed by atoms with Crippen LogP contribution in [0, 0.1) is 5.82 Å². The summed E-state index contributed by atoms with van der Waals surface area (Å²) < 4.78 is 19.9. The molecule has 0 unspecified atom stereocenters. The van der Waals surface area contributed by atoms with E-state index < -0.39 is 5.82 Å². The zero-order valence-electron chi connectivity index (χ0n) is 17.8. The number of carbonyl (C=O) groups excluding carboxylic acids is 2. The molecule has 0 bridgehead atoms. The summed E-state index contributed by atoms with van der Waals surface area (Å²) in [6.07, 6.45) is 4.20. The standard InChI is InChI=1S/C24H24FN3O3/c1-4-23(30)28(2)18-9-10-19(20(25)14-18)17-7-11-21(27-15-17)22(29)12-8-16-6-5-13-26-24(16)31-3/h5-7,9-11,13-15H,4,8,12H2,1-3H3. The summed E-state index contributed by atoms with van der Waals surface area (Å²) in [5.41, 5.74) is 2.56. The zero-order valence-corrected chi connectivity index (χ0v) is 17.8. The third-order valence-corrected chi connectivity index (χ3v) is 5.04. The van der Waals surface area contributed by atoms with E-state index in [1.54, 1.807) is 57.6 Å². The summed E-state index contributed by atoms with van der Waals surface area (Å²) in [5, 5.41) is 0. The number of benzene rings is 1. The van der Waals surface area contributed by atoms with Crippen LogP contribution in [0.15, 0.2) is 54.9 Å². The van der Waals surface area contributed by atoms with Crippen LogP contribution in [0.4, 0.5) is 10.1 Å². The molecular weight excluding hydrogens is 397 g/mol. The Hall–Kier alpha value is -3.61. The number of methoxy groups -OCH3 is 1. The van der Waals surface area contributed by atoms with Crippen LogP contribution < -0.4 is 9.64 Å². The van der Waals surface area contributed by atoms with Crippen molar-refractivity contribution < 1.29 is 18.7 Å². The molecular formula is C24H24FN3O3. The third-order valence-electron chi connectivity index (χ3n) is 5.04. The molecule has 0 aliphatic carbocycles. The summed E-state index contributed by atoms with van der Waals surface area (Å²) in [7, 11) is 3.16. The maximum atomic E-state index is 14.7. The van der Waals surface area contributed by atoms with E-state index in [-0.39, 0.29) is 18.1 Å². The number of aryl methyl sites for hydroxylation is 1. The number of rotatable bonds is 8. The van der Waals surface area contributed by atoms with Crippen LogP contribution in [0.3, 0.4) is 0 Å². The quantitative estimate of drug-likeness (QED) is 0.502. The minimum Gasteiger partial charge on any atom is -0.481 e. The lowest BCUT2D eigenvalue weighted by Gasteiger charge is -2.17. The highest BCUT2D eigenvalue weighted by atomic mass is 19.1. The van der Waals surface area contributed by atoms with Gasteiger partial charge in [0.25, 0.3) is 0 Å². The topological polar surface area (TPSA) is 72.4 Å². The van der Waals surface area contributed by atoms with Gasteiger partial charge in [-0.25, -0.2) is 9.37 Å². The van der Waals surface area contributed by atoms with Gasteiger partial charge in [-0.3, -0.25) is 14.6 Å². The number of hydrogen-bond donors (Lipinski definition) is 0. The van der Waals surface area contributed by atoms with Crippen molar-refractivity contribution in [1.29, 1.82) is 0 Å². The van der Waals surface area contributed by atoms with E-state index in [4.69, 9.17) is 4.74 Å². The van der Waals surface area contributed by atoms with Crippen LogP contribution in [-0.4, -0.2) is 35.8 Å². The molecule has 2 heterocycles. The third kappa shape index (κ3) is 5.12. The van der Waals surface area contributed by atoms with Crippen molar-refractivity contribution in [1.82, 2.24) is 9.97 Å². The van der Waals surface area contributed by atoms with Gasteiger partial charge in [0.2, 0.25) is 11.8 Å². The molecule has 160 valence electrons. The fourth-order valence-electron chi connectivity index (χ4n) is 3.22. The highest BCUT2D eigenvalue weighted by Crippen LogP contribution is 2.27. The second kappa shape index (κ2) is 9.93. The number of aromatic nitrogens is 2. The number of halogens is 1. The normalized spacial score (nSPS) is 10.6. The Morgan fingerprint density at radius 1 is 1.13 bits per heavy atom. The van der Waals surface area contributed by atoms with E-state index in [1.807, 2.05) is 6.07 Å². The van der Waals surface area contributed by atoms with Gasteiger partial charge in [-0.15, -0.1) is 0 Å². The molecule has 3 rings (SSSR count). The first-order valence-electron chi connectivity index (χ1n) is 9.98. The van der Waals surface area contributed by atoms with Crippen molar-refractivity contribution in [3.05, 3.63) is 71.9 Å². The number of anilines is 1. The van der Waals surface area contributed by atoms with Crippen molar-refractivity contribution in [2.75, 3.05) is 19.1 Å². The van der Waals surface area contributed by atoms with Crippen LogP contribution in [0.25, 0.3) is 11.1 Å². The molecule has 1 aromatic carbocycles. The summed E-state index contributed by atoms with van der Waals surface area (Å²) in [4.78, 5) is 34.1. The first-order valence-corrected chi connectivity index (χ1v) is 9.98. The van der Waals surface area contributed by atoms with Gasteiger partial charge < -0.3 is 9.64 Å². The van der Waals surface area contributed by atoms with Crippen LogP contribution in [-0.2, 0) is 11.2 Å². The molecule has 0 radical (unpaired) electrons. The molecule has 7 heteroatoms. The smallest absolute Gasteiger partial charge is 0.226 e. The summed E-state index contributed by atoms with van der Waals surface area (Å²) in [6.45, 7) is 1.76. The van der Waals surface area contributed by atoms with Gasteiger partial charge in [-0.1, -0.05) is 19.1 Å². The predicted octanol–water partition coefficient (Wildman–Crippen LogP) is 4.48. The highest BCUT2D eigenvalue weighted by Gasteiger charge is 2.14. The molecule has 0 saturated carbocycles. The maximum Gasteiger partial charge on any atom is 0.226 e. The second-order valence-electron chi connectivity index (χ2n) is 7.00. The Morgan fingerprint density at radius 3 is 2.58 bits per heavy atom. The zero-order chi connectivity index (χ0) is 22.4. The summed E-state index contributed by atoms with van der Waals surface area (Å²) >= 11 is 0. The number of ketones is 1. The van der Waals surface area contributed by atoms with Crippen LogP contribution >= 0.6 is 0 Å². The number of hydrogen-bond acceptors (Lipinski definition) is 5. The molecule has 2 aromatic heterocycles. The average Bonchev–Trinajstić information content (AvgIpc) is 2.81. The van der Waals surface area contributed by atoms with E-state index in [2.05, 4.69) is 9.97 Å². The molecule has 0 saturated heterocycles. The van der Waals surface area contributed by atoms with Gasteiger partial charge in [0, 0.05) is 54.7 Å².